The summed E-state index contributed by atoms with van der Waals surface area (Å²) in [6.45, 7) is 1.98. The van der Waals surface area contributed by atoms with E-state index in [9.17, 15) is 32.9 Å². The highest BCUT2D eigenvalue weighted by atomic mass is 32.2. The van der Waals surface area contributed by atoms with E-state index < -0.39 is 39.2 Å². The molecule has 2 amide bonds. The zero-order chi connectivity index (χ0) is 26.0. The van der Waals surface area contributed by atoms with Crippen LogP contribution in [-0.4, -0.2) is 21.0 Å². The second-order valence-electron chi connectivity index (χ2n) is 7.77. The molecule has 1 fully saturated rings. The van der Waals surface area contributed by atoms with E-state index in [-0.39, 0.29) is 17.2 Å². The van der Waals surface area contributed by atoms with Crippen molar-refractivity contribution in [1.29, 1.82) is 0 Å². The molecular formula is C25H17F3N2O5S. The number of aryl methyl sites for hydroxylation is 1. The quantitative estimate of drug-likeness (QED) is 0.201. The van der Waals surface area contributed by atoms with Gasteiger partial charge < -0.3 is 4.74 Å². The number of nitro benzene ring substituents is 1. The summed E-state index contributed by atoms with van der Waals surface area (Å²) >= 11 is 0.739. The highest BCUT2D eigenvalue weighted by molar-refractivity contribution is 8.18. The molecule has 3 aromatic carbocycles. The van der Waals surface area contributed by atoms with Gasteiger partial charge in [-0.2, -0.15) is 13.2 Å². The molecule has 7 nitrogen and oxygen atoms in total. The minimum absolute atomic E-state index is 0.0612. The van der Waals surface area contributed by atoms with Gasteiger partial charge in [0.05, 0.1) is 21.9 Å². The normalized spacial score (nSPS) is 15.0. The van der Waals surface area contributed by atoms with E-state index in [1.165, 1.54) is 12.1 Å². The Morgan fingerprint density at radius 2 is 1.72 bits per heavy atom. The Morgan fingerprint density at radius 3 is 2.42 bits per heavy atom. The fraction of sp³-hybridized carbons (Fsp3) is 0.120. The van der Waals surface area contributed by atoms with Gasteiger partial charge in [0.25, 0.3) is 11.1 Å². The molecule has 0 atom stereocenters. The first-order valence-electron chi connectivity index (χ1n) is 10.5. The number of rotatable bonds is 6. The van der Waals surface area contributed by atoms with Gasteiger partial charge in [0, 0.05) is 11.6 Å². The molecule has 36 heavy (non-hydrogen) atoms. The van der Waals surface area contributed by atoms with Crippen LogP contribution in [0.4, 0.5) is 23.7 Å². The van der Waals surface area contributed by atoms with Gasteiger partial charge in [-0.15, -0.1) is 0 Å². The zero-order valence-corrected chi connectivity index (χ0v) is 19.4. The first-order chi connectivity index (χ1) is 17.0. The lowest BCUT2D eigenvalue weighted by Gasteiger charge is -2.14. The van der Waals surface area contributed by atoms with E-state index in [4.69, 9.17) is 4.74 Å². The van der Waals surface area contributed by atoms with Crippen molar-refractivity contribution in [1.82, 2.24) is 4.90 Å². The Kier molecular flexibility index (Phi) is 6.84. The number of thioether (sulfide) groups is 1. The first-order valence-corrected chi connectivity index (χ1v) is 11.3. The van der Waals surface area contributed by atoms with E-state index in [0.717, 1.165) is 33.9 Å². The molecule has 184 valence electrons. The molecule has 0 spiro atoms. The van der Waals surface area contributed by atoms with Gasteiger partial charge in [-0.25, -0.2) is 0 Å². The number of hydrogen-bond donors (Lipinski definition) is 0. The van der Waals surface area contributed by atoms with Crippen LogP contribution in [0.1, 0.15) is 22.3 Å². The molecule has 1 saturated heterocycles. The molecule has 1 aliphatic rings. The maximum atomic E-state index is 13.0. The van der Waals surface area contributed by atoms with Gasteiger partial charge in [-0.05, 0) is 54.1 Å². The van der Waals surface area contributed by atoms with Crippen LogP contribution in [0.15, 0.2) is 71.6 Å². The number of imide groups is 1. The maximum Gasteiger partial charge on any atom is 0.416 e. The van der Waals surface area contributed by atoms with E-state index in [2.05, 4.69) is 0 Å². The molecule has 0 aromatic heterocycles. The third-order valence-electron chi connectivity index (χ3n) is 5.37. The van der Waals surface area contributed by atoms with Crippen LogP contribution in [-0.2, 0) is 17.5 Å². The molecule has 3 aromatic rings. The van der Waals surface area contributed by atoms with Crippen LogP contribution in [0.2, 0.25) is 0 Å². The third kappa shape index (κ3) is 5.25. The number of para-hydroxylation sites is 1. The minimum Gasteiger partial charge on any atom is -0.449 e. The van der Waals surface area contributed by atoms with Crippen LogP contribution in [0, 0.1) is 17.0 Å². The fourth-order valence-corrected chi connectivity index (χ4v) is 4.30. The van der Waals surface area contributed by atoms with Crippen molar-refractivity contribution < 1.29 is 32.4 Å². The minimum atomic E-state index is -4.76. The molecule has 0 saturated carbocycles. The Balaban J connectivity index is 1.63. The van der Waals surface area contributed by atoms with Crippen molar-refractivity contribution in [3.8, 4) is 11.5 Å². The number of amides is 2. The van der Waals surface area contributed by atoms with Crippen molar-refractivity contribution in [2.75, 3.05) is 0 Å². The van der Waals surface area contributed by atoms with Gasteiger partial charge >= 0.3 is 11.9 Å². The number of carbonyl (C=O) groups is 2. The van der Waals surface area contributed by atoms with Crippen LogP contribution in [0.5, 0.6) is 11.5 Å². The molecule has 1 heterocycles. The second kappa shape index (κ2) is 9.86. The number of hydrogen-bond acceptors (Lipinski definition) is 6. The predicted octanol–water partition coefficient (Wildman–Crippen LogP) is 6.95. The summed E-state index contributed by atoms with van der Waals surface area (Å²) in [6.07, 6.45) is -3.35. The summed E-state index contributed by atoms with van der Waals surface area (Å²) in [7, 11) is 0. The Morgan fingerprint density at radius 1 is 1.03 bits per heavy atom. The summed E-state index contributed by atoms with van der Waals surface area (Å²) in [5.41, 5.74) is 0.0141. The van der Waals surface area contributed by atoms with Crippen LogP contribution >= 0.6 is 11.8 Å². The largest absolute Gasteiger partial charge is 0.449 e. The van der Waals surface area contributed by atoms with Gasteiger partial charge in [-0.1, -0.05) is 42.5 Å². The summed E-state index contributed by atoms with van der Waals surface area (Å²) in [5, 5.41) is 10.9. The summed E-state index contributed by atoms with van der Waals surface area (Å²) in [5.74, 6) is -0.851. The van der Waals surface area contributed by atoms with Crippen LogP contribution in [0.3, 0.4) is 0 Å². The van der Waals surface area contributed by atoms with Crippen molar-refractivity contribution in [2.45, 2.75) is 19.6 Å². The average molecular weight is 514 g/mol. The molecule has 0 bridgehead atoms. The highest BCUT2D eigenvalue weighted by Crippen LogP contribution is 2.40. The molecule has 11 heteroatoms. The summed E-state index contributed by atoms with van der Waals surface area (Å²) in [6, 6.07) is 15.5. The number of alkyl halides is 3. The monoisotopic (exact) mass is 514 g/mol. The Hall–Kier alpha value is -4.12. The van der Waals surface area contributed by atoms with E-state index >= 15 is 0 Å². The summed E-state index contributed by atoms with van der Waals surface area (Å²) in [4.78, 5) is 37.2. The molecule has 0 unspecified atom stereocenters. The van der Waals surface area contributed by atoms with Crippen molar-refractivity contribution in [3.63, 3.8) is 0 Å². The van der Waals surface area contributed by atoms with E-state index in [1.807, 2.05) is 31.2 Å². The van der Waals surface area contributed by atoms with Gasteiger partial charge in [0.15, 0.2) is 0 Å². The standard InChI is InChI=1S/C25H17F3N2O5S/c1-15-6-2-3-8-17(15)14-29-23(31)22(36-24(29)32)12-16-7-4-5-9-20(16)35-21-11-10-18(25(26,27)28)13-19(21)30(33)34/h2-13H,14H2,1H3/b22-12-. The van der Waals surface area contributed by atoms with Crippen molar-refractivity contribution in [3.05, 3.63) is 104 Å². The SMILES string of the molecule is Cc1ccccc1CN1C(=O)S/C(=C\c2ccccc2Oc2ccc(C(F)(F)F)cc2[N+](=O)[O-])C1=O. The lowest BCUT2D eigenvalue weighted by atomic mass is 10.1. The van der Waals surface area contributed by atoms with E-state index in [0.29, 0.717) is 17.7 Å². The number of ether oxygens (including phenoxy) is 1. The maximum absolute atomic E-state index is 13.0. The van der Waals surface area contributed by atoms with Gasteiger partial charge in [0.2, 0.25) is 5.75 Å². The first kappa shape index (κ1) is 25.0. The molecular weight excluding hydrogens is 497 g/mol. The molecule has 0 aliphatic carbocycles. The number of carbonyl (C=O) groups excluding carboxylic acids is 2. The molecule has 4 rings (SSSR count). The predicted molar refractivity (Wildman–Crippen MR) is 127 cm³/mol. The number of benzene rings is 3. The highest BCUT2D eigenvalue weighted by Gasteiger charge is 2.36. The Bertz CT molecular complexity index is 1400. The average Bonchev–Trinajstić information content (AvgIpc) is 3.08. The van der Waals surface area contributed by atoms with Gasteiger partial charge in [0.1, 0.15) is 5.75 Å². The topological polar surface area (TPSA) is 89.8 Å². The van der Waals surface area contributed by atoms with Crippen molar-refractivity contribution >= 4 is 34.7 Å². The molecule has 0 N–H and O–H groups in total. The number of nitrogens with zero attached hydrogens (tertiary/aromatic N) is 2. The number of nitro groups is 1. The fourth-order valence-electron chi connectivity index (χ4n) is 3.47. The number of halogens is 3. The van der Waals surface area contributed by atoms with Crippen LogP contribution in [0.25, 0.3) is 6.08 Å². The van der Waals surface area contributed by atoms with Gasteiger partial charge in [-0.3, -0.25) is 24.6 Å². The lowest BCUT2D eigenvalue weighted by Crippen LogP contribution is -2.27. The lowest BCUT2D eigenvalue weighted by molar-refractivity contribution is -0.385. The summed E-state index contributed by atoms with van der Waals surface area (Å²) < 4.78 is 44.6. The third-order valence-corrected chi connectivity index (χ3v) is 6.28. The Labute approximate surface area is 207 Å². The van der Waals surface area contributed by atoms with Crippen LogP contribution < -0.4 is 4.74 Å². The molecule has 0 radical (unpaired) electrons. The zero-order valence-electron chi connectivity index (χ0n) is 18.6. The molecule has 1 aliphatic heterocycles. The smallest absolute Gasteiger partial charge is 0.416 e. The van der Waals surface area contributed by atoms with Crippen molar-refractivity contribution in [2.24, 2.45) is 0 Å². The van der Waals surface area contributed by atoms with E-state index in [1.54, 1.807) is 18.2 Å². The second-order valence-corrected chi connectivity index (χ2v) is 8.76.